The molecule has 0 saturated carbocycles. The predicted octanol–water partition coefficient (Wildman–Crippen LogP) is 3.78. The fourth-order valence-electron chi connectivity index (χ4n) is 3.18. The summed E-state index contributed by atoms with van der Waals surface area (Å²) >= 11 is 0. The lowest BCUT2D eigenvalue weighted by Gasteiger charge is -2.31. The van der Waals surface area contributed by atoms with E-state index in [1.807, 2.05) is 0 Å². The molecule has 1 heterocycles. The van der Waals surface area contributed by atoms with Crippen LogP contribution in [-0.4, -0.2) is 20.9 Å². The van der Waals surface area contributed by atoms with E-state index in [4.69, 9.17) is 0 Å². The summed E-state index contributed by atoms with van der Waals surface area (Å²) in [6.07, 6.45) is 0. The Kier molecular flexibility index (Phi) is 4.35. The van der Waals surface area contributed by atoms with Crippen LogP contribution in [0.5, 0.6) is 0 Å². The molecule has 0 spiro atoms. The van der Waals surface area contributed by atoms with Crippen molar-refractivity contribution in [2.75, 3.05) is 16.2 Å². The number of para-hydroxylation sites is 2. The summed E-state index contributed by atoms with van der Waals surface area (Å²) in [4.78, 5) is 12.5. The summed E-state index contributed by atoms with van der Waals surface area (Å²) in [7, 11) is -4.02. The van der Waals surface area contributed by atoms with Gasteiger partial charge in [-0.2, -0.15) is 0 Å². The number of hydrogen-bond donors (Lipinski definition) is 1. The summed E-state index contributed by atoms with van der Waals surface area (Å²) in [5.74, 6) is -2.75. The van der Waals surface area contributed by atoms with Crippen molar-refractivity contribution >= 4 is 27.3 Å². The molecule has 5 nitrogen and oxygen atoms in total. The van der Waals surface area contributed by atoms with Crippen LogP contribution in [0.15, 0.2) is 71.6 Å². The summed E-state index contributed by atoms with van der Waals surface area (Å²) in [5.41, 5.74) is 0.897. The van der Waals surface area contributed by atoms with Gasteiger partial charge in [0.1, 0.15) is 23.9 Å². The van der Waals surface area contributed by atoms with Crippen LogP contribution in [0.2, 0.25) is 0 Å². The van der Waals surface area contributed by atoms with Gasteiger partial charge >= 0.3 is 0 Å². The zero-order valence-corrected chi connectivity index (χ0v) is 15.2. The van der Waals surface area contributed by atoms with Gasteiger partial charge in [0, 0.05) is 11.1 Å². The highest BCUT2D eigenvalue weighted by atomic mass is 32.2. The molecule has 28 heavy (non-hydrogen) atoms. The maximum atomic E-state index is 13.8. The number of hydrogen-bond acceptors (Lipinski definition) is 3. The van der Waals surface area contributed by atoms with Gasteiger partial charge < -0.3 is 5.32 Å². The first kappa shape index (κ1) is 18.1. The molecule has 1 aliphatic rings. The monoisotopic (exact) mass is 400 g/mol. The third kappa shape index (κ3) is 2.91. The Bertz CT molecular complexity index is 1180. The van der Waals surface area contributed by atoms with Crippen LogP contribution in [0.3, 0.4) is 0 Å². The van der Waals surface area contributed by atoms with Gasteiger partial charge in [0.25, 0.3) is 10.0 Å². The molecule has 4 rings (SSSR count). The summed E-state index contributed by atoms with van der Waals surface area (Å²) in [6.45, 7) is -0.624. The molecule has 1 amide bonds. The molecular weight excluding hydrogens is 386 g/mol. The van der Waals surface area contributed by atoms with Gasteiger partial charge in [0.05, 0.1) is 10.6 Å². The van der Waals surface area contributed by atoms with Gasteiger partial charge in [-0.05, 0) is 24.3 Å². The Morgan fingerprint density at radius 2 is 1.46 bits per heavy atom. The van der Waals surface area contributed by atoms with E-state index in [0.717, 1.165) is 16.4 Å². The fraction of sp³-hybridized carbons (Fsp3) is 0.0500. The molecule has 0 aliphatic carbocycles. The Hall–Kier alpha value is -3.26. The highest BCUT2D eigenvalue weighted by Gasteiger charge is 2.35. The third-order valence-corrected chi connectivity index (χ3v) is 6.25. The van der Waals surface area contributed by atoms with Crippen LogP contribution in [0.4, 0.5) is 20.2 Å². The van der Waals surface area contributed by atoms with E-state index < -0.39 is 39.8 Å². The SMILES string of the molecule is O=C(CN1c2ccccc2-c2ccccc2S1(=O)=O)Nc1c(F)cccc1F. The molecule has 0 unspecified atom stereocenters. The minimum absolute atomic E-state index is 0.0681. The first-order valence-electron chi connectivity index (χ1n) is 8.34. The lowest BCUT2D eigenvalue weighted by Crippen LogP contribution is -2.40. The number of rotatable bonds is 3. The smallest absolute Gasteiger partial charge is 0.265 e. The van der Waals surface area contributed by atoms with Gasteiger partial charge in [-0.3, -0.25) is 9.10 Å². The van der Waals surface area contributed by atoms with E-state index in [0.29, 0.717) is 16.8 Å². The van der Waals surface area contributed by atoms with Gasteiger partial charge in [0.2, 0.25) is 5.91 Å². The number of fused-ring (bicyclic) bond motifs is 3. The van der Waals surface area contributed by atoms with Crippen LogP contribution in [-0.2, 0) is 14.8 Å². The molecule has 8 heteroatoms. The average molecular weight is 400 g/mol. The molecule has 1 aliphatic heterocycles. The average Bonchev–Trinajstić information content (AvgIpc) is 2.68. The molecule has 0 fully saturated rings. The Labute approximate surface area is 160 Å². The maximum Gasteiger partial charge on any atom is 0.265 e. The number of benzene rings is 3. The van der Waals surface area contributed by atoms with Crippen molar-refractivity contribution in [3.8, 4) is 11.1 Å². The maximum absolute atomic E-state index is 13.8. The van der Waals surface area contributed by atoms with Crippen molar-refractivity contribution in [1.29, 1.82) is 0 Å². The lowest BCUT2D eigenvalue weighted by molar-refractivity contribution is -0.114. The van der Waals surface area contributed by atoms with Crippen molar-refractivity contribution in [2.45, 2.75) is 4.90 Å². The van der Waals surface area contributed by atoms with Gasteiger partial charge in [-0.15, -0.1) is 0 Å². The van der Waals surface area contributed by atoms with Crippen molar-refractivity contribution in [3.63, 3.8) is 0 Å². The number of amides is 1. The highest BCUT2D eigenvalue weighted by Crippen LogP contribution is 2.42. The summed E-state index contributed by atoms with van der Waals surface area (Å²) < 4.78 is 54.7. The standard InChI is InChI=1S/C20H14F2N2O3S/c21-15-8-5-9-16(22)20(15)23-19(25)12-24-17-10-3-1-6-13(17)14-7-2-4-11-18(14)28(24,26)27/h1-11H,12H2,(H,23,25). The van der Waals surface area contributed by atoms with Gasteiger partial charge in [-0.1, -0.05) is 42.5 Å². The van der Waals surface area contributed by atoms with Crippen molar-refractivity contribution in [1.82, 2.24) is 0 Å². The number of anilines is 2. The molecule has 0 saturated heterocycles. The number of nitrogens with one attached hydrogen (secondary N) is 1. The number of carbonyl (C=O) groups is 1. The number of sulfonamides is 1. The molecule has 142 valence electrons. The fourth-order valence-corrected chi connectivity index (χ4v) is 4.83. The Morgan fingerprint density at radius 3 is 2.18 bits per heavy atom. The van der Waals surface area contributed by atoms with E-state index in [-0.39, 0.29) is 4.90 Å². The predicted molar refractivity (Wildman–Crippen MR) is 101 cm³/mol. The van der Waals surface area contributed by atoms with Crippen LogP contribution in [0.1, 0.15) is 0 Å². The number of halogens is 2. The highest BCUT2D eigenvalue weighted by molar-refractivity contribution is 7.93. The van der Waals surface area contributed by atoms with Crippen molar-refractivity contribution in [2.24, 2.45) is 0 Å². The second-order valence-corrected chi connectivity index (χ2v) is 8.00. The van der Waals surface area contributed by atoms with E-state index in [1.54, 1.807) is 42.5 Å². The number of nitrogens with zero attached hydrogens (tertiary/aromatic N) is 1. The minimum atomic E-state index is -4.02. The second-order valence-electron chi connectivity index (χ2n) is 6.17. The molecule has 0 atom stereocenters. The first-order chi connectivity index (χ1) is 13.4. The summed E-state index contributed by atoms with van der Waals surface area (Å²) in [5, 5.41) is 2.12. The zero-order chi connectivity index (χ0) is 19.9. The van der Waals surface area contributed by atoms with Crippen molar-refractivity contribution < 1.29 is 22.0 Å². The number of carbonyl (C=O) groups excluding carboxylic acids is 1. The second kappa shape index (κ2) is 6.72. The van der Waals surface area contributed by atoms with Gasteiger partial charge in [-0.25, -0.2) is 17.2 Å². The molecule has 1 N–H and O–H groups in total. The molecule has 0 aromatic heterocycles. The molecule has 0 radical (unpaired) electrons. The quantitative estimate of drug-likeness (QED) is 0.728. The third-order valence-electron chi connectivity index (χ3n) is 4.43. The topological polar surface area (TPSA) is 66.5 Å². The normalized spacial score (nSPS) is 14.1. The van der Waals surface area contributed by atoms with E-state index in [9.17, 15) is 22.0 Å². The molecule has 3 aromatic rings. The Balaban J connectivity index is 1.73. The molecule has 3 aromatic carbocycles. The van der Waals surface area contributed by atoms with E-state index in [2.05, 4.69) is 5.32 Å². The van der Waals surface area contributed by atoms with Gasteiger partial charge in [0.15, 0.2) is 0 Å². The van der Waals surface area contributed by atoms with Crippen LogP contribution < -0.4 is 9.62 Å². The minimum Gasteiger partial charge on any atom is -0.320 e. The summed E-state index contributed by atoms with van der Waals surface area (Å²) in [6, 6.07) is 16.4. The van der Waals surface area contributed by atoms with E-state index in [1.165, 1.54) is 12.1 Å². The van der Waals surface area contributed by atoms with Crippen molar-refractivity contribution in [3.05, 3.63) is 78.4 Å². The lowest BCUT2D eigenvalue weighted by atomic mass is 10.0. The van der Waals surface area contributed by atoms with Crippen LogP contribution in [0, 0.1) is 11.6 Å². The van der Waals surface area contributed by atoms with Crippen LogP contribution >= 0.6 is 0 Å². The van der Waals surface area contributed by atoms with Crippen LogP contribution in [0.25, 0.3) is 11.1 Å². The Morgan fingerprint density at radius 1 is 0.857 bits per heavy atom. The zero-order valence-electron chi connectivity index (χ0n) is 14.4. The van der Waals surface area contributed by atoms with E-state index >= 15 is 0 Å². The first-order valence-corrected chi connectivity index (χ1v) is 9.78. The molecule has 0 bridgehead atoms. The molecular formula is C20H14F2N2O3S. The largest absolute Gasteiger partial charge is 0.320 e.